The van der Waals surface area contributed by atoms with Crippen LogP contribution in [0.3, 0.4) is 0 Å². The fraction of sp³-hybridized carbons (Fsp3) is 0.900. The first-order valence-corrected chi connectivity index (χ1v) is 4.97. The van der Waals surface area contributed by atoms with Crippen LogP contribution in [0.2, 0.25) is 0 Å². The molecule has 0 aromatic rings. The Morgan fingerprint density at radius 1 is 1.60 bits per heavy atom. The SMILES string of the molecule is COCC(C)(NCC(C)N(C)C)C(=O)O. The van der Waals surface area contributed by atoms with Gasteiger partial charge in [0.25, 0.3) is 0 Å². The second-order valence-corrected chi connectivity index (χ2v) is 4.26. The van der Waals surface area contributed by atoms with Gasteiger partial charge in [0.1, 0.15) is 5.54 Å². The molecule has 15 heavy (non-hydrogen) atoms. The summed E-state index contributed by atoms with van der Waals surface area (Å²) in [5.41, 5.74) is -1.01. The van der Waals surface area contributed by atoms with Crippen LogP contribution in [0.1, 0.15) is 13.8 Å². The van der Waals surface area contributed by atoms with E-state index in [9.17, 15) is 4.79 Å². The van der Waals surface area contributed by atoms with Gasteiger partial charge in [0.15, 0.2) is 0 Å². The first-order chi connectivity index (χ1) is 6.83. The lowest BCUT2D eigenvalue weighted by atomic mass is 10.0. The smallest absolute Gasteiger partial charge is 0.326 e. The van der Waals surface area contributed by atoms with Gasteiger partial charge >= 0.3 is 5.97 Å². The summed E-state index contributed by atoms with van der Waals surface area (Å²) in [6.45, 7) is 4.42. The van der Waals surface area contributed by atoms with E-state index in [2.05, 4.69) is 5.32 Å². The monoisotopic (exact) mass is 218 g/mol. The summed E-state index contributed by atoms with van der Waals surface area (Å²) in [5, 5.41) is 12.1. The topological polar surface area (TPSA) is 61.8 Å². The summed E-state index contributed by atoms with van der Waals surface area (Å²) in [7, 11) is 5.42. The first-order valence-electron chi connectivity index (χ1n) is 4.97. The minimum absolute atomic E-state index is 0.155. The van der Waals surface area contributed by atoms with Crippen LogP contribution in [-0.4, -0.2) is 61.9 Å². The molecule has 0 amide bonds. The van der Waals surface area contributed by atoms with E-state index < -0.39 is 11.5 Å². The van der Waals surface area contributed by atoms with Crippen molar-refractivity contribution in [3.63, 3.8) is 0 Å². The summed E-state index contributed by atoms with van der Waals surface area (Å²) in [6.07, 6.45) is 0. The minimum Gasteiger partial charge on any atom is -0.480 e. The van der Waals surface area contributed by atoms with E-state index in [1.807, 2.05) is 25.9 Å². The molecule has 0 aliphatic rings. The van der Waals surface area contributed by atoms with Crippen molar-refractivity contribution in [1.29, 1.82) is 0 Å². The average Bonchev–Trinajstić information content (AvgIpc) is 2.14. The zero-order valence-electron chi connectivity index (χ0n) is 10.2. The van der Waals surface area contributed by atoms with Gasteiger partial charge in [0.05, 0.1) is 6.61 Å². The molecule has 2 atom stereocenters. The lowest BCUT2D eigenvalue weighted by Gasteiger charge is -2.29. The molecule has 0 radical (unpaired) electrons. The van der Waals surface area contributed by atoms with Gasteiger partial charge in [0, 0.05) is 19.7 Å². The summed E-state index contributed by atoms with van der Waals surface area (Å²) in [5.74, 6) is -0.893. The zero-order chi connectivity index (χ0) is 12.1. The van der Waals surface area contributed by atoms with Crippen LogP contribution >= 0.6 is 0 Å². The molecule has 0 aromatic heterocycles. The normalized spacial score (nSPS) is 17.5. The highest BCUT2D eigenvalue weighted by molar-refractivity contribution is 5.78. The summed E-state index contributed by atoms with van der Waals surface area (Å²) < 4.78 is 4.90. The van der Waals surface area contributed by atoms with Gasteiger partial charge in [-0.15, -0.1) is 0 Å². The van der Waals surface area contributed by atoms with Gasteiger partial charge in [-0.05, 0) is 27.9 Å². The van der Waals surface area contributed by atoms with Gasteiger partial charge in [-0.2, -0.15) is 0 Å². The molecule has 0 heterocycles. The second-order valence-electron chi connectivity index (χ2n) is 4.26. The Morgan fingerprint density at radius 3 is 2.47 bits per heavy atom. The third-order valence-electron chi connectivity index (χ3n) is 2.57. The molecule has 0 rings (SSSR count). The molecule has 0 fully saturated rings. The molecular weight excluding hydrogens is 196 g/mol. The maximum atomic E-state index is 11.0. The Balaban J connectivity index is 4.25. The number of hydrogen-bond donors (Lipinski definition) is 2. The molecule has 0 saturated heterocycles. The van der Waals surface area contributed by atoms with E-state index in [-0.39, 0.29) is 12.6 Å². The van der Waals surface area contributed by atoms with Crippen molar-refractivity contribution >= 4 is 5.97 Å². The Labute approximate surface area is 91.4 Å². The average molecular weight is 218 g/mol. The highest BCUT2D eigenvalue weighted by Gasteiger charge is 2.32. The minimum atomic E-state index is -1.01. The van der Waals surface area contributed by atoms with Crippen molar-refractivity contribution in [2.75, 3.05) is 34.4 Å². The predicted octanol–water partition coefficient (Wildman–Crippen LogP) is 0.0158. The fourth-order valence-corrected chi connectivity index (χ4v) is 1.03. The number of likely N-dealkylation sites (N-methyl/N-ethyl adjacent to an activating group) is 1. The van der Waals surface area contributed by atoms with Crippen molar-refractivity contribution in [2.24, 2.45) is 0 Å². The van der Waals surface area contributed by atoms with Crippen LogP contribution in [0.25, 0.3) is 0 Å². The van der Waals surface area contributed by atoms with Gasteiger partial charge in [-0.3, -0.25) is 10.1 Å². The Bertz CT molecular complexity index is 209. The molecule has 0 aromatic carbocycles. The zero-order valence-corrected chi connectivity index (χ0v) is 10.2. The van der Waals surface area contributed by atoms with E-state index >= 15 is 0 Å². The molecule has 0 aliphatic carbocycles. The number of nitrogens with zero attached hydrogens (tertiary/aromatic N) is 1. The van der Waals surface area contributed by atoms with Crippen LogP contribution in [0.4, 0.5) is 0 Å². The first kappa shape index (κ1) is 14.3. The van der Waals surface area contributed by atoms with Crippen LogP contribution in [-0.2, 0) is 9.53 Å². The number of methoxy groups -OCH3 is 1. The molecule has 5 nitrogen and oxygen atoms in total. The second kappa shape index (κ2) is 6.05. The summed E-state index contributed by atoms with van der Waals surface area (Å²) in [4.78, 5) is 13.1. The van der Waals surface area contributed by atoms with E-state index in [0.717, 1.165) is 0 Å². The maximum Gasteiger partial charge on any atom is 0.326 e. The summed E-state index contributed by atoms with van der Waals surface area (Å²) >= 11 is 0. The molecule has 0 aliphatic heterocycles. The molecule has 5 heteroatoms. The molecule has 0 spiro atoms. The number of carboxylic acid groups (broad SMARTS) is 1. The lowest BCUT2D eigenvalue weighted by Crippen LogP contribution is -2.55. The third kappa shape index (κ3) is 4.59. The van der Waals surface area contributed by atoms with Gasteiger partial charge in [-0.25, -0.2) is 0 Å². The lowest BCUT2D eigenvalue weighted by molar-refractivity contribution is -0.146. The maximum absolute atomic E-state index is 11.0. The highest BCUT2D eigenvalue weighted by atomic mass is 16.5. The van der Waals surface area contributed by atoms with Crippen molar-refractivity contribution in [1.82, 2.24) is 10.2 Å². The summed E-state index contributed by atoms with van der Waals surface area (Å²) in [6, 6.07) is 0.278. The van der Waals surface area contributed by atoms with Crippen LogP contribution in [0.5, 0.6) is 0 Å². The number of rotatable bonds is 7. The molecule has 0 bridgehead atoms. The molecular formula is C10H22N2O3. The number of carboxylic acids is 1. The Kier molecular flexibility index (Phi) is 5.79. The van der Waals surface area contributed by atoms with Crippen LogP contribution in [0, 0.1) is 0 Å². The number of nitrogens with one attached hydrogen (secondary N) is 1. The van der Waals surface area contributed by atoms with Crippen LogP contribution in [0.15, 0.2) is 0 Å². The van der Waals surface area contributed by atoms with Gasteiger partial charge in [-0.1, -0.05) is 0 Å². The third-order valence-corrected chi connectivity index (χ3v) is 2.57. The number of hydrogen-bond acceptors (Lipinski definition) is 4. The Morgan fingerprint density at radius 2 is 2.13 bits per heavy atom. The molecule has 2 N–H and O–H groups in total. The van der Waals surface area contributed by atoms with E-state index in [0.29, 0.717) is 6.54 Å². The van der Waals surface area contributed by atoms with Crippen LogP contribution < -0.4 is 5.32 Å². The van der Waals surface area contributed by atoms with Gasteiger partial charge < -0.3 is 14.7 Å². The van der Waals surface area contributed by atoms with Gasteiger partial charge in [0.2, 0.25) is 0 Å². The van der Waals surface area contributed by atoms with Crippen molar-refractivity contribution in [2.45, 2.75) is 25.4 Å². The number of carbonyl (C=O) groups is 1. The van der Waals surface area contributed by atoms with Crippen molar-refractivity contribution in [3.05, 3.63) is 0 Å². The predicted molar refractivity (Wildman–Crippen MR) is 59.1 cm³/mol. The van der Waals surface area contributed by atoms with E-state index in [4.69, 9.17) is 9.84 Å². The fourth-order valence-electron chi connectivity index (χ4n) is 1.03. The standard InChI is InChI=1S/C10H22N2O3/c1-8(12(3)4)6-11-10(2,7-15-5)9(13)14/h8,11H,6-7H2,1-5H3,(H,13,14). The molecule has 2 unspecified atom stereocenters. The van der Waals surface area contributed by atoms with E-state index in [1.54, 1.807) is 6.92 Å². The quantitative estimate of drug-likeness (QED) is 0.630. The Hall–Kier alpha value is -0.650. The van der Waals surface area contributed by atoms with E-state index in [1.165, 1.54) is 7.11 Å². The van der Waals surface area contributed by atoms with Crippen molar-refractivity contribution < 1.29 is 14.6 Å². The number of aliphatic carboxylic acids is 1. The number of ether oxygens (including phenoxy) is 1. The molecule has 90 valence electrons. The largest absolute Gasteiger partial charge is 0.480 e. The highest BCUT2D eigenvalue weighted by Crippen LogP contribution is 2.05. The van der Waals surface area contributed by atoms with Crippen molar-refractivity contribution in [3.8, 4) is 0 Å². The molecule has 0 saturated carbocycles.